The van der Waals surface area contributed by atoms with Crippen LogP contribution < -0.4 is 19.5 Å². The number of aliphatic carboxylic acids is 1. The number of aliphatic hydroxyl groups is 3. The van der Waals surface area contributed by atoms with Gasteiger partial charge in [0.2, 0.25) is 5.91 Å². The standard InChI is InChI=1S/C17H21NO5.C17H23NO4.C13H14O5.C4H9NO/c1-21-15-9-16-13(4-7-23-16)8-12(15)3-6-22-11-17(20)18-5-2-14(19)10-18;1-20-16-11-17-14(4-8-22-17)10-13(16)3-7-21-9-6-18-5-2-15(19)12-18;1-16-11-7-12-10(3-5-18-12)6-9(11)2-4-17-8-13(14)15;6-4-1-2-5-3-4/h4,7-9,14,19H,2-3,5-6,10-11H2,1H3;4,8,10-11,15,19H,2-3,5-7,9,12H2,1H3;3,5-7H,2,4,8H2,1H3,(H,14,15);4-6H,1-3H2. The smallest absolute Gasteiger partial charge is 0.329 e. The molecule has 0 radical (unpaired) electrons. The van der Waals surface area contributed by atoms with Crippen molar-refractivity contribution in [1.29, 1.82) is 0 Å². The Morgan fingerprint density at radius 2 is 1.09 bits per heavy atom. The van der Waals surface area contributed by atoms with Gasteiger partial charge in [-0.05, 0) is 98.2 Å². The van der Waals surface area contributed by atoms with Crippen LogP contribution in [-0.4, -0.2) is 167 Å². The Balaban J connectivity index is 0.000000161. The third-order valence-electron chi connectivity index (χ3n) is 11.9. The largest absolute Gasteiger partial charge is 0.496 e. The number of likely N-dealkylation sites (tertiary alicyclic amines) is 2. The number of carbonyl (C=O) groups excluding carboxylic acids is 1. The van der Waals surface area contributed by atoms with Crippen LogP contribution >= 0.6 is 0 Å². The molecule has 376 valence electrons. The minimum atomic E-state index is -0.966. The third-order valence-corrected chi connectivity index (χ3v) is 11.9. The maximum absolute atomic E-state index is 11.9. The van der Waals surface area contributed by atoms with Crippen LogP contribution in [0.1, 0.15) is 36.0 Å². The van der Waals surface area contributed by atoms with Gasteiger partial charge in [-0.3, -0.25) is 9.69 Å². The number of ether oxygens (including phenoxy) is 6. The quantitative estimate of drug-likeness (QED) is 0.0667. The highest BCUT2D eigenvalue weighted by molar-refractivity contribution is 5.82. The number of aliphatic hydroxyl groups excluding tert-OH is 3. The van der Waals surface area contributed by atoms with E-state index in [1.165, 1.54) is 0 Å². The summed E-state index contributed by atoms with van der Waals surface area (Å²) in [5, 5.41) is 42.2. The predicted octanol–water partition coefficient (Wildman–Crippen LogP) is 5.09. The van der Waals surface area contributed by atoms with Crippen LogP contribution in [0.15, 0.2) is 86.6 Å². The Kier molecular flexibility index (Phi) is 21.0. The van der Waals surface area contributed by atoms with Gasteiger partial charge in [-0.15, -0.1) is 0 Å². The highest BCUT2D eigenvalue weighted by Gasteiger charge is 2.24. The number of amides is 1. The Hall–Kier alpha value is -5.70. The first kappa shape index (κ1) is 52.7. The number of methoxy groups -OCH3 is 3. The Bertz CT molecular complexity index is 2480. The molecule has 5 N–H and O–H groups in total. The maximum Gasteiger partial charge on any atom is 0.329 e. The molecule has 3 aliphatic rings. The molecule has 0 saturated carbocycles. The summed E-state index contributed by atoms with van der Waals surface area (Å²) in [6.07, 6.45) is 8.85. The molecular weight excluding hydrogens is 895 g/mol. The molecule has 6 aromatic rings. The Morgan fingerprint density at radius 3 is 1.48 bits per heavy atom. The van der Waals surface area contributed by atoms with Gasteiger partial charge in [0.05, 0.1) is 84.9 Å². The predicted molar refractivity (Wildman–Crippen MR) is 257 cm³/mol. The molecule has 3 aromatic carbocycles. The van der Waals surface area contributed by atoms with Gasteiger partial charge in [-0.25, -0.2) is 4.79 Å². The number of hydrogen-bond acceptors (Lipinski definition) is 16. The number of benzene rings is 3. The third kappa shape index (κ3) is 16.5. The molecule has 1 amide bonds. The fraction of sp³-hybridized carbons (Fsp3) is 0.490. The second kappa shape index (κ2) is 27.5. The zero-order valence-electron chi connectivity index (χ0n) is 39.8. The van der Waals surface area contributed by atoms with E-state index in [1.807, 2.05) is 48.5 Å². The van der Waals surface area contributed by atoms with Gasteiger partial charge in [-0.1, -0.05) is 0 Å². The summed E-state index contributed by atoms with van der Waals surface area (Å²) in [5.74, 6) is 1.28. The molecule has 0 spiro atoms. The van der Waals surface area contributed by atoms with Crippen molar-refractivity contribution < 1.29 is 71.7 Å². The average Bonchev–Trinajstić information content (AvgIpc) is 4.23. The summed E-state index contributed by atoms with van der Waals surface area (Å²) in [4.78, 5) is 26.1. The molecule has 0 bridgehead atoms. The van der Waals surface area contributed by atoms with Crippen LogP contribution in [0.4, 0.5) is 0 Å². The summed E-state index contributed by atoms with van der Waals surface area (Å²) in [6.45, 7) is 7.31. The van der Waals surface area contributed by atoms with Crippen molar-refractivity contribution in [2.24, 2.45) is 0 Å². The Morgan fingerprint density at radius 1 is 0.609 bits per heavy atom. The van der Waals surface area contributed by atoms with Crippen molar-refractivity contribution in [1.82, 2.24) is 15.1 Å². The van der Waals surface area contributed by atoms with E-state index in [-0.39, 0.29) is 31.3 Å². The van der Waals surface area contributed by atoms with E-state index in [9.17, 15) is 19.8 Å². The number of carbonyl (C=O) groups is 2. The first-order valence-corrected chi connectivity index (χ1v) is 23.4. The van der Waals surface area contributed by atoms with E-state index in [0.29, 0.717) is 58.8 Å². The summed E-state index contributed by atoms with van der Waals surface area (Å²) < 4.78 is 48.3. The highest BCUT2D eigenvalue weighted by Crippen LogP contribution is 2.29. The van der Waals surface area contributed by atoms with E-state index < -0.39 is 12.1 Å². The van der Waals surface area contributed by atoms with Crippen LogP contribution in [0.5, 0.6) is 17.2 Å². The molecule has 6 heterocycles. The van der Waals surface area contributed by atoms with Gasteiger partial charge in [0.1, 0.15) is 47.2 Å². The minimum absolute atomic E-state index is 0.0446. The Labute approximate surface area is 401 Å². The van der Waals surface area contributed by atoms with Gasteiger partial charge in [0.25, 0.3) is 0 Å². The number of furan rings is 3. The van der Waals surface area contributed by atoms with Gasteiger partial charge in [-0.2, -0.15) is 0 Å². The van der Waals surface area contributed by atoms with E-state index in [1.54, 1.807) is 45.0 Å². The lowest BCUT2D eigenvalue weighted by Gasteiger charge is -2.15. The number of hydrogen-bond donors (Lipinski definition) is 5. The van der Waals surface area contributed by atoms with Crippen LogP contribution in [0.2, 0.25) is 0 Å². The van der Waals surface area contributed by atoms with Crippen LogP contribution in [0.3, 0.4) is 0 Å². The fourth-order valence-corrected chi connectivity index (χ4v) is 8.15. The van der Waals surface area contributed by atoms with Crippen molar-refractivity contribution in [3.8, 4) is 17.2 Å². The molecule has 3 fully saturated rings. The molecule has 69 heavy (non-hydrogen) atoms. The highest BCUT2D eigenvalue weighted by atomic mass is 16.5. The summed E-state index contributed by atoms with van der Waals surface area (Å²) >= 11 is 0. The summed E-state index contributed by atoms with van der Waals surface area (Å²) in [7, 11) is 4.88. The van der Waals surface area contributed by atoms with Crippen molar-refractivity contribution in [3.63, 3.8) is 0 Å². The average molecular weight is 962 g/mol. The number of nitrogens with zero attached hydrogens (tertiary/aromatic N) is 2. The lowest BCUT2D eigenvalue weighted by molar-refractivity contribution is -0.142. The number of carboxylic acids is 1. The molecule has 3 aliphatic heterocycles. The van der Waals surface area contributed by atoms with E-state index in [4.69, 9.17) is 51.9 Å². The maximum atomic E-state index is 11.9. The number of nitrogens with one attached hydrogen (secondary N) is 1. The van der Waals surface area contributed by atoms with Crippen molar-refractivity contribution >= 4 is 44.8 Å². The second-order valence-corrected chi connectivity index (χ2v) is 16.9. The zero-order chi connectivity index (χ0) is 49.0. The monoisotopic (exact) mass is 961 g/mol. The normalized spacial score (nSPS) is 17.8. The van der Waals surface area contributed by atoms with Crippen LogP contribution in [0.25, 0.3) is 32.9 Å². The summed E-state index contributed by atoms with van der Waals surface area (Å²) in [6, 6.07) is 17.4. The van der Waals surface area contributed by atoms with Gasteiger partial charge < -0.3 is 72.3 Å². The molecule has 18 nitrogen and oxygen atoms in total. The molecule has 3 atom stereocenters. The lowest BCUT2D eigenvalue weighted by Crippen LogP contribution is -2.32. The molecule has 3 saturated heterocycles. The molecule has 9 rings (SSSR count). The second-order valence-electron chi connectivity index (χ2n) is 16.9. The van der Waals surface area contributed by atoms with E-state index >= 15 is 0 Å². The van der Waals surface area contributed by atoms with Crippen LogP contribution in [-0.2, 0) is 43.1 Å². The van der Waals surface area contributed by atoms with E-state index in [2.05, 4.69) is 16.3 Å². The van der Waals surface area contributed by atoms with Crippen LogP contribution in [0, 0.1) is 0 Å². The molecule has 3 aromatic heterocycles. The number of fused-ring (bicyclic) bond motifs is 3. The zero-order valence-corrected chi connectivity index (χ0v) is 39.8. The van der Waals surface area contributed by atoms with E-state index in [0.717, 1.165) is 119 Å². The van der Waals surface area contributed by atoms with Crippen molar-refractivity contribution in [2.75, 3.05) is 107 Å². The summed E-state index contributed by atoms with van der Waals surface area (Å²) in [5.41, 5.74) is 5.51. The first-order valence-electron chi connectivity index (χ1n) is 23.4. The first-order chi connectivity index (χ1) is 33.5. The lowest BCUT2D eigenvalue weighted by atomic mass is 10.1. The molecular formula is C51H67N3O15. The number of β-amino-alcohol motifs (C(OH)–C–C–N with tert-alkyl or cyclic N) is 3. The van der Waals surface area contributed by atoms with Crippen molar-refractivity contribution in [3.05, 3.63) is 90.1 Å². The minimum Gasteiger partial charge on any atom is -0.496 e. The number of rotatable bonds is 19. The SMILES string of the molecule is COc1cc2occc2cc1CCOCC(=O)N1CCC(O)C1.COc1cc2occc2cc1CCOCC(=O)O.COc1cc2occc2cc1CCOCCN1CCC(O)C1.OC1CCNC1. The topological polar surface area (TPSA) is 228 Å². The molecule has 0 aliphatic carbocycles. The van der Waals surface area contributed by atoms with Gasteiger partial charge >= 0.3 is 5.97 Å². The van der Waals surface area contributed by atoms with Gasteiger partial charge in [0, 0.05) is 73.6 Å². The van der Waals surface area contributed by atoms with Gasteiger partial charge in [0.15, 0.2) is 0 Å². The molecule has 3 unspecified atom stereocenters. The molecule has 18 heteroatoms. The number of carboxylic acid groups (broad SMARTS) is 1. The fourth-order valence-electron chi connectivity index (χ4n) is 8.15. The van der Waals surface area contributed by atoms with Crippen molar-refractivity contribution in [2.45, 2.75) is 56.8 Å².